The van der Waals surface area contributed by atoms with Gasteiger partial charge in [0.2, 0.25) is 5.88 Å². The molecule has 1 aromatic carbocycles. The van der Waals surface area contributed by atoms with E-state index in [-0.39, 0.29) is 17.9 Å². The number of nitro benzene ring substituents is 1. The topological polar surface area (TPSA) is 94.8 Å². The van der Waals surface area contributed by atoms with Gasteiger partial charge in [-0.05, 0) is 39.3 Å². The number of piperidine rings is 1. The fourth-order valence-corrected chi connectivity index (χ4v) is 3.18. The number of carbonyl (C=O) groups is 1. The Morgan fingerprint density at radius 3 is 2.54 bits per heavy atom. The Hall–Kier alpha value is -2.90. The van der Waals surface area contributed by atoms with Gasteiger partial charge in [0.1, 0.15) is 11.7 Å². The minimum Gasteiger partial charge on any atom is -0.474 e. The van der Waals surface area contributed by atoms with Crippen LogP contribution in [0.5, 0.6) is 5.88 Å². The van der Waals surface area contributed by atoms with E-state index in [1.807, 2.05) is 27.7 Å². The molecule has 0 bridgehead atoms. The van der Waals surface area contributed by atoms with Crippen molar-refractivity contribution in [2.24, 2.45) is 0 Å². The maximum absolute atomic E-state index is 12.1. The smallest absolute Gasteiger partial charge is 0.410 e. The van der Waals surface area contributed by atoms with Crippen molar-refractivity contribution in [3.63, 3.8) is 0 Å². The zero-order chi connectivity index (χ0) is 20.5. The summed E-state index contributed by atoms with van der Waals surface area (Å²) in [6.07, 6.45) is 1.05. The fraction of sp³-hybridized carbons (Fsp3) is 0.500. The van der Waals surface area contributed by atoms with E-state index in [0.29, 0.717) is 37.3 Å². The van der Waals surface area contributed by atoms with Gasteiger partial charge in [-0.15, -0.1) is 0 Å². The average molecular weight is 387 g/mol. The average Bonchev–Trinajstić information content (AvgIpc) is 2.60. The van der Waals surface area contributed by atoms with E-state index >= 15 is 0 Å². The van der Waals surface area contributed by atoms with Crippen LogP contribution in [0, 0.1) is 17.0 Å². The standard InChI is InChI=1S/C20H25N3O5/c1-13-11-18(21-17-6-5-14(23(25)26)12-16(13)17)27-15-7-9-22(10-8-15)19(24)28-20(2,3)4/h5-6,11-12,15H,7-10H2,1-4H3. The number of nitro groups is 1. The lowest BCUT2D eigenvalue weighted by molar-refractivity contribution is -0.384. The highest BCUT2D eigenvalue weighted by atomic mass is 16.6. The van der Waals surface area contributed by atoms with Gasteiger partial charge in [0.05, 0.1) is 10.4 Å². The van der Waals surface area contributed by atoms with Crippen molar-refractivity contribution in [3.8, 4) is 5.88 Å². The first-order valence-corrected chi connectivity index (χ1v) is 9.33. The fourth-order valence-electron chi connectivity index (χ4n) is 3.18. The van der Waals surface area contributed by atoms with Crippen molar-refractivity contribution < 1.29 is 19.2 Å². The van der Waals surface area contributed by atoms with Crippen molar-refractivity contribution in [3.05, 3.63) is 39.9 Å². The van der Waals surface area contributed by atoms with Crippen LogP contribution in [0.1, 0.15) is 39.2 Å². The van der Waals surface area contributed by atoms with E-state index < -0.39 is 10.5 Å². The van der Waals surface area contributed by atoms with E-state index in [1.165, 1.54) is 12.1 Å². The van der Waals surface area contributed by atoms with Crippen LogP contribution in [-0.4, -0.2) is 45.7 Å². The lowest BCUT2D eigenvalue weighted by Crippen LogP contribution is -2.44. The molecule has 0 N–H and O–H groups in total. The van der Waals surface area contributed by atoms with Crippen molar-refractivity contribution in [2.45, 2.75) is 52.2 Å². The van der Waals surface area contributed by atoms with Gasteiger partial charge in [-0.1, -0.05) is 0 Å². The third kappa shape index (κ3) is 4.68. The zero-order valence-electron chi connectivity index (χ0n) is 16.6. The quantitative estimate of drug-likeness (QED) is 0.578. The second-order valence-electron chi connectivity index (χ2n) is 8.02. The molecule has 2 aromatic rings. The molecule has 2 heterocycles. The molecule has 0 unspecified atom stereocenters. The maximum Gasteiger partial charge on any atom is 0.410 e. The Bertz CT molecular complexity index is 899. The van der Waals surface area contributed by atoms with E-state index in [0.717, 1.165) is 10.9 Å². The summed E-state index contributed by atoms with van der Waals surface area (Å²) < 4.78 is 11.4. The molecule has 0 radical (unpaired) electrons. The Labute approximate surface area is 163 Å². The lowest BCUT2D eigenvalue weighted by Gasteiger charge is -2.33. The molecule has 8 heteroatoms. The number of carbonyl (C=O) groups excluding carboxylic acids is 1. The van der Waals surface area contributed by atoms with Gasteiger partial charge < -0.3 is 14.4 Å². The van der Waals surface area contributed by atoms with Crippen LogP contribution in [0.3, 0.4) is 0 Å². The number of amides is 1. The minimum atomic E-state index is -0.508. The number of aryl methyl sites for hydroxylation is 1. The Kier molecular flexibility index (Phi) is 5.40. The van der Waals surface area contributed by atoms with Crippen LogP contribution in [0.15, 0.2) is 24.3 Å². The molecule has 1 fully saturated rings. The summed E-state index contributed by atoms with van der Waals surface area (Å²) in [5.74, 6) is 0.495. The highest BCUT2D eigenvalue weighted by molar-refractivity contribution is 5.84. The van der Waals surface area contributed by atoms with E-state index in [1.54, 1.807) is 17.0 Å². The molecule has 1 aliphatic heterocycles. The second-order valence-corrected chi connectivity index (χ2v) is 8.02. The number of aromatic nitrogens is 1. The summed E-state index contributed by atoms with van der Waals surface area (Å²) in [5.41, 5.74) is 1.06. The first kappa shape index (κ1) is 19.9. The number of fused-ring (bicyclic) bond motifs is 1. The number of pyridine rings is 1. The van der Waals surface area contributed by atoms with Gasteiger partial charge >= 0.3 is 6.09 Å². The third-order valence-electron chi connectivity index (χ3n) is 4.57. The second kappa shape index (κ2) is 7.61. The van der Waals surface area contributed by atoms with Gasteiger partial charge in [-0.3, -0.25) is 10.1 Å². The van der Waals surface area contributed by atoms with Crippen molar-refractivity contribution in [1.82, 2.24) is 9.88 Å². The summed E-state index contributed by atoms with van der Waals surface area (Å²) in [4.78, 5) is 28.9. The van der Waals surface area contributed by atoms with Crippen LogP contribution in [0.2, 0.25) is 0 Å². The van der Waals surface area contributed by atoms with Crippen LogP contribution in [0.25, 0.3) is 10.9 Å². The molecule has 0 spiro atoms. The van der Waals surface area contributed by atoms with E-state index in [4.69, 9.17) is 9.47 Å². The predicted molar refractivity (Wildman–Crippen MR) is 105 cm³/mol. The van der Waals surface area contributed by atoms with Gasteiger partial charge in [-0.25, -0.2) is 9.78 Å². The highest BCUT2D eigenvalue weighted by Gasteiger charge is 2.28. The summed E-state index contributed by atoms with van der Waals surface area (Å²) in [6, 6.07) is 6.41. The summed E-state index contributed by atoms with van der Waals surface area (Å²) in [6.45, 7) is 8.57. The van der Waals surface area contributed by atoms with Crippen molar-refractivity contribution in [1.29, 1.82) is 0 Å². The molecular weight excluding hydrogens is 362 g/mol. The van der Waals surface area contributed by atoms with Gasteiger partial charge in [-0.2, -0.15) is 0 Å². The number of nitrogens with zero attached hydrogens (tertiary/aromatic N) is 3. The molecular formula is C20H25N3O5. The summed E-state index contributed by atoms with van der Waals surface area (Å²) in [7, 11) is 0. The lowest BCUT2D eigenvalue weighted by atomic mass is 10.1. The molecule has 1 aliphatic rings. The van der Waals surface area contributed by atoms with Crippen molar-refractivity contribution in [2.75, 3.05) is 13.1 Å². The number of hydrogen-bond donors (Lipinski definition) is 0. The van der Waals surface area contributed by atoms with Crippen LogP contribution < -0.4 is 4.74 Å². The van der Waals surface area contributed by atoms with E-state index in [9.17, 15) is 14.9 Å². The Balaban J connectivity index is 1.65. The van der Waals surface area contributed by atoms with Gasteiger partial charge in [0.15, 0.2) is 0 Å². The molecule has 0 atom stereocenters. The van der Waals surface area contributed by atoms with Gasteiger partial charge in [0, 0.05) is 49.5 Å². The molecule has 1 aromatic heterocycles. The van der Waals surface area contributed by atoms with Crippen LogP contribution in [-0.2, 0) is 4.74 Å². The largest absolute Gasteiger partial charge is 0.474 e. The third-order valence-corrected chi connectivity index (χ3v) is 4.57. The summed E-state index contributed by atoms with van der Waals surface area (Å²) in [5, 5.41) is 11.7. The number of hydrogen-bond acceptors (Lipinski definition) is 6. The zero-order valence-corrected chi connectivity index (χ0v) is 16.6. The normalized spacial score (nSPS) is 15.5. The first-order chi connectivity index (χ1) is 13.1. The minimum absolute atomic E-state index is 0.0407. The molecule has 28 heavy (non-hydrogen) atoms. The summed E-state index contributed by atoms with van der Waals surface area (Å²) >= 11 is 0. The number of ether oxygens (including phenoxy) is 2. The van der Waals surface area contributed by atoms with Crippen LogP contribution >= 0.6 is 0 Å². The molecule has 1 saturated heterocycles. The molecule has 0 saturated carbocycles. The molecule has 8 nitrogen and oxygen atoms in total. The van der Waals surface area contributed by atoms with Crippen molar-refractivity contribution >= 4 is 22.7 Å². The van der Waals surface area contributed by atoms with Crippen LogP contribution in [0.4, 0.5) is 10.5 Å². The number of likely N-dealkylation sites (tertiary alicyclic amines) is 1. The number of rotatable bonds is 3. The molecule has 150 valence electrons. The molecule has 0 aliphatic carbocycles. The SMILES string of the molecule is Cc1cc(OC2CCN(C(=O)OC(C)(C)C)CC2)nc2ccc([N+](=O)[O-])cc12. The predicted octanol–water partition coefficient (Wildman–Crippen LogP) is 4.23. The number of benzene rings is 1. The Morgan fingerprint density at radius 2 is 1.93 bits per heavy atom. The van der Waals surface area contributed by atoms with E-state index in [2.05, 4.69) is 4.98 Å². The molecule has 3 rings (SSSR count). The highest BCUT2D eigenvalue weighted by Crippen LogP contribution is 2.27. The van der Waals surface area contributed by atoms with Gasteiger partial charge in [0.25, 0.3) is 5.69 Å². The Morgan fingerprint density at radius 1 is 1.25 bits per heavy atom. The monoisotopic (exact) mass is 387 g/mol. The maximum atomic E-state index is 12.1. The molecule has 1 amide bonds. The first-order valence-electron chi connectivity index (χ1n) is 9.33. The number of non-ortho nitro benzene ring substituents is 1.